The van der Waals surface area contributed by atoms with Gasteiger partial charge >= 0.3 is 0 Å². The molecule has 6 aromatic rings. The maximum Gasteiger partial charge on any atom is 0.252 e. The molecule has 316 valence electrons. The summed E-state index contributed by atoms with van der Waals surface area (Å²) in [4.78, 5) is 57.6. The van der Waals surface area contributed by atoms with Crippen LogP contribution in [0, 0.1) is 0 Å². The van der Waals surface area contributed by atoms with E-state index in [4.69, 9.17) is 37.9 Å². The van der Waals surface area contributed by atoms with Crippen molar-refractivity contribution in [2.75, 3.05) is 31.2 Å². The lowest BCUT2D eigenvalue weighted by molar-refractivity contribution is -0.120. The Kier molecular flexibility index (Phi) is 12.8. The summed E-state index contributed by atoms with van der Waals surface area (Å²) in [6.07, 6.45) is 2.03. The van der Waals surface area contributed by atoms with Crippen molar-refractivity contribution < 1.29 is 19.1 Å². The number of halogens is 2. The predicted molar refractivity (Wildman–Crippen MR) is 254 cm³/mol. The molecule has 3 heterocycles. The minimum atomic E-state index is -0.745. The first-order chi connectivity index (χ1) is 30.7. The normalized spacial score (nSPS) is 15.6. The number of aliphatic imine (C=N–C) groups is 2. The summed E-state index contributed by atoms with van der Waals surface area (Å²) in [5.41, 5.74) is 7.97. The highest BCUT2D eigenvalue weighted by molar-refractivity contribution is 7.99. The molecule has 1 atom stereocenters. The molecule has 0 spiro atoms. The largest absolute Gasteiger partial charge is 0.380 e. The summed E-state index contributed by atoms with van der Waals surface area (Å²) in [6, 6.07) is 39.5. The summed E-state index contributed by atoms with van der Waals surface area (Å²) in [5.74, 6) is -0.734. The van der Waals surface area contributed by atoms with E-state index in [0.717, 1.165) is 60.4 Å². The number of nitrogens with zero attached hydrogens (tertiary/aromatic N) is 3. The quantitative estimate of drug-likeness (QED) is 0.132. The molecule has 2 N–H and O–H groups in total. The van der Waals surface area contributed by atoms with Crippen LogP contribution in [0.5, 0.6) is 0 Å². The van der Waals surface area contributed by atoms with Crippen LogP contribution in [0.1, 0.15) is 69.2 Å². The third-order valence-electron chi connectivity index (χ3n) is 11.0. The van der Waals surface area contributed by atoms with Gasteiger partial charge < -0.3 is 20.3 Å². The molecule has 13 heteroatoms. The number of rotatable bonds is 10. The van der Waals surface area contributed by atoms with Gasteiger partial charge in [0.05, 0.1) is 29.4 Å². The van der Waals surface area contributed by atoms with Crippen molar-refractivity contribution in [3.05, 3.63) is 171 Å². The topological polar surface area (TPSA) is 112 Å². The van der Waals surface area contributed by atoms with Crippen molar-refractivity contribution in [3.63, 3.8) is 0 Å². The Bertz CT molecular complexity index is 2810. The van der Waals surface area contributed by atoms with E-state index < -0.39 is 6.04 Å². The van der Waals surface area contributed by atoms with Crippen LogP contribution in [0.4, 0.5) is 17.1 Å². The van der Waals surface area contributed by atoms with E-state index in [1.807, 2.05) is 97.9 Å². The number of amides is 3. The van der Waals surface area contributed by atoms with Crippen LogP contribution < -0.4 is 15.5 Å². The minimum absolute atomic E-state index is 0.181. The Hall–Kier alpha value is -5.69. The maximum atomic E-state index is 14.5. The van der Waals surface area contributed by atoms with Gasteiger partial charge in [-0.2, -0.15) is 0 Å². The van der Waals surface area contributed by atoms with E-state index in [0.29, 0.717) is 76.7 Å². The third kappa shape index (κ3) is 9.35. The van der Waals surface area contributed by atoms with Gasteiger partial charge in [-0.25, -0.2) is 9.98 Å². The molecule has 0 radical (unpaired) electrons. The second-order valence-electron chi connectivity index (χ2n) is 15.1. The molecule has 1 saturated heterocycles. The maximum absolute atomic E-state index is 14.5. The fourth-order valence-corrected chi connectivity index (χ4v) is 10.0. The number of fused-ring (bicyclic) bond motifs is 4. The molecule has 1 fully saturated rings. The van der Waals surface area contributed by atoms with Crippen LogP contribution in [-0.4, -0.2) is 61.5 Å². The summed E-state index contributed by atoms with van der Waals surface area (Å²) in [6.45, 7) is 3.81. The van der Waals surface area contributed by atoms with Gasteiger partial charge in [-0.05, 0) is 111 Å². The summed E-state index contributed by atoms with van der Waals surface area (Å²) >= 11 is 15.7. The first-order valence-electron chi connectivity index (χ1n) is 20.8. The van der Waals surface area contributed by atoms with Gasteiger partial charge in [-0.1, -0.05) is 89.2 Å². The smallest absolute Gasteiger partial charge is 0.252 e. The molecule has 0 aromatic heterocycles. The first-order valence-corrected chi connectivity index (χ1v) is 23.2. The van der Waals surface area contributed by atoms with E-state index in [-0.39, 0.29) is 17.7 Å². The van der Waals surface area contributed by atoms with E-state index in [9.17, 15) is 14.4 Å². The zero-order valence-corrected chi connectivity index (χ0v) is 37.3. The average molecular weight is 911 g/mol. The van der Waals surface area contributed by atoms with Crippen molar-refractivity contribution in [2.24, 2.45) is 9.98 Å². The van der Waals surface area contributed by atoms with Crippen molar-refractivity contribution in [3.8, 4) is 0 Å². The summed E-state index contributed by atoms with van der Waals surface area (Å²) in [7, 11) is 0. The second-order valence-corrected chi connectivity index (χ2v) is 18.2. The zero-order chi connectivity index (χ0) is 43.5. The molecule has 9 nitrogen and oxygen atoms in total. The van der Waals surface area contributed by atoms with Gasteiger partial charge in [0.2, 0.25) is 5.91 Å². The Morgan fingerprint density at radius 1 is 0.698 bits per heavy atom. The van der Waals surface area contributed by atoms with Crippen molar-refractivity contribution in [1.82, 2.24) is 10.6 Å². The zero-order valence-electron chi connectivity index (χ0n) is 34.2. The first kappa shape index (κ1) is 42.6. The van der Waals surface area contributed by atoms with Gasteiger partial charge in [0, 0.05) is 88.4 Å². The van der Waals surface area contributed by atoms with Gasteiger partial charge in [-0.3, -0.25) is 14.4 Å². The standard InChI is InChI=1S/C50H41Cl2N5O4S2/c1-2-61-26-24-53-48(58)32-14-21-45-40(27-32)55-47(31-12-18-35(52)19-13-31)38-29-36(20-23-43(38)63-45)57-25-6-5-8-39(50(57)60)56-49(59)33-15-22-44-41(28-33)54-46(30-10-16-34(51)17-11-30)37-7-3-4-9-42(37)62-44/h3-4,7,9-23,27-29,39H,2,5-6,8,24-26H2,1H3,(H,53,58)(H,56,59). The van der Waals surface area contributed by atoms with Crippen LogP contribution in [-0.2, 0) is 9.53 Å². The highest BCUT2D eigenvalue weighted by Gasteiger charge is 2.31. The van der Waals surface area contributed by atoms with Crippen molar-refractivity contribution in [2.45, 2.75) is 51.8 Å². The Morgan fingerprint density at radius 3 is 1.94 bits per heavy atom. The molecule has 3 aliphatic heterocycles. The van der Waals surface area contributed by atoms with Crippen LogP contribution >= 0.6 is 46.7 Å². The van der Waals surface area contributed by atoms with Crippen LogP contribution in [0.3, 0.4) is 0 Å². The van der Waals surface area contributed by atoms with Crippen LogP contribution in [0.15, 0.2) is 157 Å². The van der Waals surface area contributed by atoms with Crippen LogP contribution in [0.25, 0.3) is 0 Å². The highest BCUT2D eigenvalue weighted by atomic mass is 35.5. The lowest BCUT2D eigenvalue weighted by Gasteiger charge is -2.26. The molecule has 6 aromatic carbocycles. The van der Waals surface area contributed by atoms with Gasteiger partial charge in [-0.15, -0.1) is 0 Å². The fourth-order valence-electron chi connectivity index (χ4n) is 7.78. The van der Waals surface area contributed by atoms with E-state index in [2.05, 4.69) is 22.8 Å². The summed E-state index contributed by atoms with van der Waals surface area (Å²) in [5, 5.41) is 7.24. The SMILES string of the molecule is CCOCCNC(=O)c1ccc2c(c1)N=C(c1ccc(Cl)cc1)c1cc(N3CCCCC(NC(=O)c4ccc5c(c4)N=C(c4ccc(Cl)cc4)c4ccccc4S5)C3=O)ccc1S2. The molecule has 3 aliphatic rings. The number of hydrogen-bond donors (Lipinski definition) is 2. The van der Waals surface area contributed by atoms with Gasteiger partial charge in [0.1, 0.15) is 6.04 Å². The molecule has 1 unspecified atom stereocenters. The monoisotopic (exact) mass is 909 g/mol. The fraction of sp³-hybridized carbons (Fsp3) is 0.180. The number of benzene rings is 6. The second kappa shape index (κ2) is 19.0. The number of hydrogen-bond acceptors (Lipinski definition) is 8. The number of ether oxygens (including phenoxy) is 1. The molecule has 0 saturated carbocycles. The molecule has 9 rings (SSSR count). The van der Waals surface area contributed by atoms with Gasteiger partial charge in [0.15, 0.2) is 0 Å². The molecule has 63 heavy (non-hydrogen) atoms. The van der Waals surface area contributed by atoms with E-state index in [1.165, 1.54) is 0 Å². The van der Waals surface area contributed by atoms with E-state index >= 15 is 0 Å². The number of carbonyl (C=O) groups excluding carboxylic acids is 3. The average Bonchev–Trinajstić information content (AvgIpc) is 3.67. The van der Waals surface area contributed by atoms with Gasteiger partial charge in [0.25, 0.3) is 11.8 Å². The molecule has 0 aliphatic carbocycles. The van der Waals surface area contributed by atoms with Crippen molar-refractivity contribution in [1.29, 1.82) is 0 Å². The lowest BCUT2D eigenvalue weighted by Crippen LogP contribution is -2.47. The van der Waals surface area contributed by atoms with E-state index in [1.54, 1.807) is 52.7 Å². The Balaban J connectivity index is 0.997. The Morgan fingerprint density at radius 2 is 1.29 bits per heavy atom. The summed E-state index contributed by atoms with van der Waals surface area (Å²) < 4.78 is 5.39. The van der Waals surface area contributed by atoms with Crippen LogP contribution in [0.2, 0.25) is 10.0 Å². The predicted octanol–water partition coefficient (Wildman–Crippen LogP) is 11.3. The molecular formula is C50H41Cl2N5O4S2. The molecule has 0 bridgehead atoms. The minimum Gasteiger partial charge on any atom is -0.380 e. The third-order valence-corrected chi connectivity index (χ3v) is 13.8. The molecular weight excluding hydrogens is 870 g/mol. The number of nitrogens with one attached hydrogen (secondary N) is 2. The highest BCUT2D eigenvalue weighted by Crippen LogP contribution is 2.44. The lowest BCUT2D eigenvalue weighted by atomic mass is 10.0. The number of anilines is 1. The number of carbonyl (C=O) groups is 3. The van der Waals surface area contributed by atoms with Crippen molar-refractivity contribution >= 4 is 92.9 Å². The Labute approximate surface area is 384 Å². The molecule has 3 amide bonds.